The lowest BCUT2D eigenvalue weighted by Gasteiger charge is -2.28. The van der Waals surface area contributed by atoms with Gasteiger partial charge in [-0.2, -0.15) is 0 Å². The quantitative estimate of drug-likeness (QED) is 0.576. The van der Waals surface area contributed by atoms with Gasteiger partial charge in [0, 0.05) is 24.2 Å². The smallest absolute Gasteiger partial charge is 0.138 e. The third kappa shape index (κ3) is 2.39. The van der Waals surface area contributed by atoms with Crippen molar-refractivity contribution in [3.8, 4) is 0 Å². The van der Waals surface area contributed by atoms with E-state index in [0.717, 1.165) is 6.42 Å². The Morgan fingerprint density at radius 1 is 1.23 bits per heavy atom. The number of ketones is 2. The molecule has 0 saturated heterocycles. The molecule has 1 unspecified atom stereocenters. The van der Waals surface area contributed by atoms with Crippen LogP contribution in [0.2, 0.25) is 0 Å². The predicted octanol–water partition coefficient (Wildman–Crippen LogP) is 2.36. The maximum Gasteiger partial charge on any atom is 0.138 e. The summed E-state index contributed by atoms with van der Waals surface area (Å²) in [6.45, 7) is 5.83. The molecule has 0 aromatic rings. The molecular formula is C11H18O2. The van der Waals surface area contributed by atoms with E-state index < -0.39 is 0 Å². The molecule has 0 aromatic heterocycles. The number of hydrogen-bond acceptors (Lipinski definition) is 2. The van der Waals surface area contributed by atoms with E-state index in [0.29, 0.717) is 30.8 Å². The number of rotatable bonds is 0. The first-order valence-electron chi connectivity index (χ1n) is 4.99. The van der Waals surface area contributed by atoms with E-state index in [9.17, 15) is 9.59 Å². The largest absolute Gasteiger partial charge is 0.299 e. The zero-order valence-corrected chi connectivity index (χ0v) is 8.72. The maximum atomic E-state index is 11.6. The van der Waals surface area contributed by atoms with E-state index in [-0.39, 0.29) is 11.3 Å². The van der Waals surface area contributed by atoms with Gasteiger partial charge in [0.15, 0.2) is 0 Å². The number of hydrogen-bond donors (Lipinski definition) is 0. The highest BCUT2D eigenvalue weighted by molar-refractivity contribution is 5.88. The van der Waals surface area contributed by atoms with Crippen LogP contribution in [-0.2, 0) is 9.59 Å². The fourth-order valence-corrected chi connectivity index (χ4v) is 2.00. The molecule has 1 aliphatic carbocycles. The van der Waals surface area contributed by atoms with E-state index in [1.807, 2.05) is 20.8 Å². The van der Waals surface area contributed by atoms with Gasteiger partial charge in [-0.1, -0.05) is 20.8 Å². The molecule has 13 heavy (non-hydrogen) atoms. The minimum Gasteiger partial charge on any atom is -0.299 e. The van der Waals surface area contributed by atoms with Gasteiger partial charge < -0.3 is 0 Å². The van der Waals surface area contributed by atoms with Crippen LogP contribution in [0, 0.1) is 11.3 Å². The number of carbonyl (C=O) groups excluding carboxylic acids is 2. The summed E-state index contributed by atoms with van der Waals surface area (Å²) in [4.78, 5) is 23.1. The fraction of sp³-hybridized carbons (Fsp3) is 0.818. The van der Waals surface area contributed by atoms with Crippen LogP contribution in [0.15, 0.2) is 0 Å². The summed E-state index contributed by atoms with van der Waals surface area (Å²) in [6.07, 6.45) is 2.62. The fourth-order valence-electron chi connectivity index (χ4n) is 2.00. The molecule has 1 saturated carbocycles. The first-order valence-corrected chi connectivity index (χ1v) is 4.99. The van der Waals surface area contributed by atoms with Crippen molar-refractivity contribution in [2.75, 3.05) is 0 Å². The van der Waals surface area contributed by atoms with Crippen molar-refractivity contribution in [1.82, 2.24) is 0 Å². The Balaban J connectivity index is 2.76. The minimum absolute atomic E-state index is 0.0549. The van der Waals surface area contributed by atoms with Crippen LogP contribution < -0.4 is 0 Å². The molecule has 1 rings (SSSR count). The average molecular weight is 182 g/mol. The minimum atomic E-state index is -0.296. The van der Waals surface area contributed by atoms with Crippen molar-refractivity contribution in [3.05, 3.63) is 0 Å². The molecule has 0 radical (unpaired) electrons. The van der Waals surface area contributed by atoms with Crippen LogP contribution >= 0.6 is 0 Å². The number of Topliss-reactive ketones (excluding diaryl/α,β-unsaturated/α-hetero) is 2. The lowest BCUT2D eigenvalue weighted by molar-refractivity contribution is -0.132. The van der Waals surface area contributed by atoms with E-state index in [4.69, 9.17) is 0 Å². The first-order chi connectivity index (χ1) is 5.93. The molecule has 0 bridgehead atoms. The van der Waals surface area contributed by atoms with Gasteiger partial charge >= 0.3 is 0 Å². The van der Waals surface area contributed by atoms with Crippen molar-refractivity contribution < 1.29 is 9.59 Å². The highest BCUT2D eigenvalue weighted by atomic mass is 16.1. The van der Waals surface area contributed by atoms with Gasteiger partial charge in [-0.15, -0.1) is 0 Å². The molecule has 0 spiro atoms. The van der Waals surface area contributed by atoms with Gasteiger partial charge in [-0.25, -0.2) is 0 Å². The lowest BCUT2D eigenvalue weighted by atomic mass is 9.74. The van der Waals surface area contributed by atoms with Gasteiger partial charge in [-0.05, 0) is 12.8 Å². The van der Waals surface area contributed by atoms with Crippen LogP contribution in [-0.4, -0.2) is 11.6 Å². The van der Waals surface area contributed by atoms with E-state index in [2.05, 4.69) is 0 Å². The summed E-state index contributed by atoms with van der Waals surface area (Å²) >= 11 is 0. The zero-order chi connectivity index (χ0) is 10.1. The zero-order valence-electron chi connectivity index (χ0n) is 8.72. The van der Waals surface area contributed by atoms with Gasteiger partial charge in [0.05, 0.1) is 0 Å². The van der Waals surface area contributed by atoms with Crippen LogP contribution in [0.4, 0.5) is 0 Å². The Morgan fingerprint density at radius 2 is 1.85 bits per heavy atom. The van der Waals surface area contributed by atoms with Crippen molar-refractivity contribution in [2.45, 2.75) is 46.5 Å². The molecule has 0 amide bonds. The highest BCUT2D eigenvalue weighted by Gasteiger charge is 2.32. The van der Waals surface area contributed by atoms with E-state index in [1.54, 1.807) is 0 Å². The molecule has 0 aliphatic heterocycles. The molecule has 2 heteroatoms. The highest BCUT2D eigenvalue weighted by Crippen LogP contribution is 2.31. The van der Waals surface area contributed by atoms with Crippen LogP contribution in [0.5, 0.6) is 0 Å². The maximum absolute atomic E-state index is 11.6. The first kappa shape index (κ1) is 10.4. The molecule has 2 nitrogen and oxygen atoms in total. The van der Waals surface area contributed by atoms with Crippen LogP contribution in [0.3, 0.4) is 0 Å². The second kappa shape index (κ2) is 3.60. The summed E-state index contributed by atoms with van der Waals surface area (Å²) in [5.41, 5.74) is -0.296. The summed E-state index contributed by atoms with van der Waals surface area (Å²) in [5.74, 6) is 0.687. The Bertz CT molecular complexity index is 228. The summed E-state index contributed by atoms with van der Waals surface area (Å²) in [7, 11) is 0. The summed E-state index contributed by atoms with van der Waals surface area (Å²) in [5, 5.41) is 0. The SMILES string of the molecule is CC1CC(C)(C)C(=O)CCCC1=O. The topological polar surface area (TPSA) is 34.1 Å². The van der Waals surface area contributed by atoms with Crippen molar-refractivity contribution >= 4 is 11.6 Å². The van der Waals surface area contributed by atoms with Crippen molar-refractivity contribution in [3.63, 3.8) is 0 Å². The molecule has 1 fully saturated rings. The Labute approximate surface area is 79.7 Å². The standard InChI is InChI=1S/C11H18O2/c1-8-7-11(2,3)10(13)6-4-5-9(8)12/h8H,4-7H2,1-3H3. The van der Waals surface area contributed by atoms with E-state index >= 15 is 0 Å². The molecule has 1 aliphatic rings. The molecule has 1 atom stereocenters. The lowest BCUT2D eigenvalue weighted by Crippen LogP contribution is -2.31. The van der Waals surface area contributed by atoms with Crippen molar-refractivity contribution in [1.29, 1.82) is 0 Å². The molecule has 0 N–H and O–H groups in total. The van der Waals surface area contributed by atoms with Crippen LogP contribution in [0.1, 0.15) is 46.5 Å². The molecule has 74 valence electrons. The third-order valence-corrected chi connectivity index (χ3v) is 2.95. The summed E-state index contributed by atoms with van der Waals surface area (Å²) < 4.78 is 0. The molecular weight excluding hydrogens is 164 g/mol. The third-order valence-electron chi connectivity index (χ3n) is 2.95. The van der Waals surface area contributed by atoms with Gasteiger partial charge in [0.25, 0.3) is 0 Å². The van der Waals surface area contributed by atoms with E-state index in [1.165, 1.54) is 0 Å². The second-order valence-corrected chi connectivity index (χ2v) is 4.73. The monoisotopic (exact) mass is 182 g/mol. The Hall–Kier alpha value is -0.660. The van der Waals surface area contributed by atoms with Gasteiger partial charge in [0.1, 0.15) is 11.6 Å². The normalized spacial score (nSPS) is 29.6. The molecule has 0 heterocycles. The number of carbonyl (C=O) groups is 2. The second-order valence-electron chi connectivity index (χ2n) is 4.73. The van der Waals surface area contributed by atoms with Gasteiger partial charge in [0.2, 0.25) is 0 Å². The summed E-state index contributed by atoms with van der Waals surface area (Å²) in [6, 6.07) is 0. The Morgan fingerprint density at radius 3 is 2.46 bits per heavy atom. The van der Waals surface area contributed by atoms with Crippen LogP contribution in [0.25, 0.3) is 0 Å². The van der Waals surface area contributed by atoms with Gasteiger partial charge in [-0.3, -0.25) is 9.59 Å². The molecule has 0 aromatic carbocycles. The predicted molar refractivity (Wildman–Crippen MR) is 51.4 cm³/mol. The Kier molecular flexibility index (Phi) is 2.89. The van der Waals surface area contributed by atoms with Crippen molar-refractivity contribution in [2.24, 2.45) is 11.3 Å². The average Bonchev–Trinajstić information content (AvgIpc) is 2.01.